The van der Waals surface area contributed by atoms with Crippen molar-refractivity contribution in [2.45, 2.75) is 37.6 Å². The smallest absolute Gasteiger partial charge is 0.328 e. The zero-order valence-electron chi connectivity index (χ0n) is 11.6. The molecular weight excluding hydrogens is 242 g/mol. The number of aromatic nitrogens is 2. The van der Waals surface area contributed by atoms with E-state index in [4.69, 9.17) is 4.74 Å². The monoisotopic (exact) mass is 263 g/mol. The number of nitrogens with zero attached hydrogens (tertiary/aromatic N) is 3. The van der Waals surface area contributed by atoms with Crippen molar-refractivity contribution in [2.75, 3.05) is 27.2 Å². The van der Waals surface area contributed by atoms with Crippen LogP contribution >= 0.6 is 0 Å². The Kier molecular flexibility index (Phi) is 3.31. The van der Waals surface area contributed by atoms with E-state index in [0.717, 1.165) is 44.6 Å². The third-order valence-electron chi connectivity index (χ3n) is 4.35. The number of carbonyl (C=O) groups excluding carboxylic acids is 1. The van der Waals surface area contributed by atoms with Gasteiger partial charge in [0, 0.05) is 24.4 Å². The van der Waals surface area contributed by atoms with E-state index in [1.807, 2.05) is 6.20 Å². The Bertz CT molecular complexity index is 483. The van der Waals surface area contributed by atoms with Gasteiger partial charge in [-0.25, -0.2) is 9.78 Å². The lowest BCUT2D eigenvalue weighted by Crippen LogP contribution is -2.28. The second-order valence-corrected chi connectivity index (χ2v) is 5.66. The average Bonchev–Trinajstić information content (AvgIpc) is 3.03. The van der Waals surface area contributed by atoms with Gasteiger partial charge in [-0.05, 0) is 39.3 Å². The summed E-state index contributed by atoms with van der Waals surface area (Å²) in [4.78, 5) is 18.9. The summed E-state index contributed by atoms with van der Waals surface area (Å²) in [5.74, 6) is 1.39. The molecule has 0 spiro atoms. The molecule has 0 aliphatic carbocycles. The van der Waals surface area contributed by atoms with E-state index >= 15 is 0 Å². The maximum Gasteiger partial charge on any atom is 0.328 e. The van der Waals surface area contributed by atoms with E-state index in [1.165, 1.54) is 12.8 Å². The average molecular weight is 263 g/mol. The highest BCUT2D eigenvalue weighted by atomic mass is 16.5. The summed E-state index contributed by atoms with van der Waals surface area (Å²) in [6.45, 7) is 2.14. The molecule has 5 heteroatoms. The molecule has 1 saturated heterocycles. The predicted molar refractivity (Wildman–Crippen MR) is 71.1 cm³/mol. The molecule has 0 bridgehead atoms. The number of aryl methyl sites for hydroxylation is 1. The van der Waals surface area contributed by atoms with Gasteiger partial charge < -0.3 is 14.2 Å². The molecule has 0 saturated carbocycles. The predicted octanol–water partition coefficient (Wildman–Crippen LogP) is 1.35. The zero-order chi connectivity index (χ0) is 13.4. The summed E-state index contributed by atoms with van der Waals surface area (Å²) in [5, 5.41) is 0. The fourth-order valence-corrected chi connectivity index (χ4v) is 3.37. The second-order valence-electron chi connectivity index (χ2n) is 5.66. The highest BCUT2D eigenvalue weighted by molar-refractivity contribution is 5.74. The molecule has 3 rings (SSSR count). The molecule has 19 heavy (non-hydrogen) atoms. The molecule has 2 atom stereocenters. The Hall–Kier alpha value is -1.36. The summed E-state index contributed by atoms with van der Waals surface area (Å²) in [7, 11) is 3.61. The number of methoxy groups -OCH3 is 1. The van der Waals surface area contributed by atoms with Crippen molar-refractivity contribution >= 4 is 5.97 Å². The first-order valence-electron chi connectivity index (χ1n) is 7.03. The fraction of sp³-hybridized carbons (Fsp3) is 0.714. The standard InChI is InChI=1S/C14H21N3O2/c1-16-7-6-10(9-16)13-15-8-11-4-3-5-12(17(11)13)14(18)19-2/h8,10,12H,3-7,9H2,1-2H3. The number of rotatable bonds is 2. The molecule has 2 aliphatic heterocycles. The van der Waals surface area contributed by atoms with Crippen molar-refractivity contribution in [1.82, 2.24) is 14.5 Å². The Balaban J connectivity index is 1.95. The van der Waals surface area contributed by atoms with Crippen molar-refractivity contribution < 1.29 is 9.53 Å². The second kappa shape index (κ2) is 4.96. The van der Waals surface area contributed by atoms with Gasteiger partial charge in [0.1, 0.15) is 11.9 Å². The van der Waals surface area contributed by atoms with E-state index in [1.54, 1.807) is 0 Å². The maximum atomic E-state index is 12.0. The zero-order valence-corrected chi connectivity index (χ0v) is 11.6. The van der Waals surface area contributed by atoms with Crippen LogP contribution < -0.4 is 0 Å². The van der Waals surface area contributed by atoms with Gasteiger partial charge in [0.05, 0.1) is 7.11 Å². The summed E-state index contributed by atoms with van der Waals surface area (Å²) < 4.78 is 7.11. The van der Waals surface area contributed by atoms with Crippen LogP contribution in [0.1, 0.15) is 42.7 Å². The minimum atomic E-state index is -0.169. The lowest BCUT2D eigenvalue weighted by molar-refractivity contribution is -0.145. The molecule has 5 nitrogen and oxygen atoms in total. The number of carbonyl (C=O) groups is 1. The molecule has 0 N–H and O–H groups in total. The first kappa shape index (κ1) is 12.7. The SMILES string of the molecule is COC(=O)C1CCCc2cnc(C3CCN(C)C3)n21. The van der Waals surface area contributed by atoms with Gasteiger partial charge >= 0.3 is 5.97 Å². The van der Waals surface area contributed by atoms with Gasteiger partial charge in [-0.2, -0.15) is 0 Å². The van der Waals surface area contributed by atoms with E-state index in [9.17, 15) is 4.79 Å². The van der Waals surface area contributed by atoms with Crippen molar-refractivity contribution in [3.05, 3.63) is 17.7 Å². The number of ether oxygens (including phenoxy) is 1. The molecule has 2 aliphatic rings. The number of likely N-dealkylation sites (N-methyl/N-ethyl adjacent to an activating group) is 1. The molecule has 1 fully saturated rings. The van der Waals surface area contributed by atoms with Crippen LogP contribution in [0.15, 0.2) is 6.20 Å². The van der Waals surface area contributed by atoms with Crippen LogP contribution in [0, 0.1) is 0 Å². The maximum absolute atomic E-state index is 12.0. The van der Waals surface area contributed by atoms with Crippen LogP contribution in [-0.2, 0) is 16.0 Å². The van der Waals surface area contributed by atoms with Crippen LogP contribution in [0.2, 0.25) is 0 Å². The van der Waals surface area contributed by atoms with Crippen molar-refractivity contribution in [3.8, 4) is 0 Å². The molecule has 1 aromatic rings. The van der Waals surface area contributed by atoms with E-state index in [0.29, 0.717) is 5.92 Å². The minimum Gasteiger partial charge on any atom is -0.467 e. The van der Waals surface area contributed by atoms with Gasteiger partial charge in [0.15, 0.2) is 0 Å². The van der Waals surface area contributed by atoms with Crippen LogP contribution in [0.3, 0.4) is 0 Å². The van der Waals surface area contributed by atoms with Gasteiger partial charge in [-0.3, -0.25) is 0 Å². The van der Waals surface area contributed by atoms with Gasteiger partial charge in [0.2, 0.25) is 0 Å². The lowest BCUT2D eigenvalue weighted by atomic mass is 10.0. The van der Waals surface area contributed by atoms with Crippen molar-refractivity contribution in [2.24, 2.45) is 0 Å². The number of hydrogen-bond donors (Lipinski definition) is 0. The Labute approximate surface area is 113 Å². The highest BCUT2D eigenvalue weighted by Gasteiger charge is 2.33. The van der Waals surface area contributed by atoms with Crippen LogP contribution in [0.4, 0.5) is 0 Å². The fourth-order valence-electron chi connectivity index (χ4n) is 3.37. The Morgan fingerprint density at radius 2 is 2.32 bits per heavy atom. The molecule has 3 heterocycles. The van der Waals surface area contributed by atoms with Gasteiger partial charge in [-0.15, -0.1) is 0 Å². The molecule has 1 aromatic heterocycles. The number of fused-ring (bicyclic) bond motifs is 1. The molecule has 0 amide bonds. The topological polar surface area (TPSA) is 47.4 Å². The Morgan fingerprint density at radius 3 is 3.00 bits per heavy atom. The number of esters is 1. The van der Waals surface area contributed by atoms with E-state index in [2.05, 4.69) is 21.5 Å². The molecule has 104 valence electrons. The quantitative estimate of drug-likeness (QED) is 0.756. The van der Waals surface area contributed by atoms with Crippen LogP contribution in [0.5, 0.6) is 0 Å². The third kappa shape index (κ3) is 2.16. The number of hydrogen-bond acceptors (Lipinski definition) is 4. The van der Waals surface area contributed by atoms with Crippen LogP contribution in [-0.4, -0.2) is 47.7 Å². The molecule has 0 radical (unpaired) electrons. The normalized spacial score (nSPS) is 27.3. The van der Waals surface area contributed by atoms with E-state index in [-0.39, 0.29) is 12.0 Å². The number of imidazole rings is 1. The first-order valence-corrected chi connectivity index (χ1v) is 7.03. The van der Waals surface area contributed by atoms with Crippen molar-refractivity contribution in [3.63, 3.8) is 0 Å². The van der Waals surface area contributed by atoms with Gasteiger partial charge in [0.25, 0.3) is 0 Å². The first-order chi connectivity index (χ1) is 9.20. The summed E-state index contributed by atoms with van der Waals surface area (Å²) in [5.41, 5.74) is 1.19. The summed E-state index contributed by atoms with van der Waals surface area (Å²) in [6.07, 6.45) is 5.99. The third-order valence-corrected chi connectivity index (χ3v) is 4.35. The van der Waals surface area contributed by atoms with E-state index < -0.39 is 0 Å². The highest BCUT2D eigenvalue weighted by Crippen LogP contribution is 2.33. The van der Waals surface area contributed by atoms with Gasteiger partial charge in [-0.1, -0.05) is 0 Å². The van der Waals surface area contributed by atoms with Crippen molar-refractivity contribution in [1.29, 1.82) is 0 Å². The Morgan fingerprint density at radius 1 is 1.47 bits per heavy atom. The number of likely N-dealkylation sites (tertiary alicyclic amines) is 1. The largest absolute Gasteiger partial charge is 0.467 e. The minimum absolute atomic E-state index is 0.133. The summed E-state index contributed by atoms with van der Waals surface area (Å²) in [6, 6.07) is -0.169. The lowest BCUT2D eigenvalue weighted by Gasteiger charge is -2.26. The molecule has 0 aromatic carbocycles. The summed E-state index contributed by atoms with van der Waals surface area (Å²) >= 11 is 0. The molecule has 2 unspecified atom stereocenters. The molecular formula is C14H21N3O2. The van der Waals surface area contributed by atoms with Crippen LogP contribution in [0.25, 0.3) is 0 Å².